The molecule has 0 bridgehead atoms. The average Bonchev–Trinajstić information content (AvgIpc) is 3.21. The van der Waals surface area contributed by atoms with Gasteiger partial charge in [0.05, 0.1) is 10.5 Å². The molecule has 0 aromatic heterocycles. The van der Waals surface area contributed by atoms with Crippen LogP contribution in [0.5, 0.6) is 0 Å². The summed E-state index contributed by atoms with van der Waals surface area (Å²) in [6.45, 7) is 4.82. The minimum absolute atomic E-state index is 0.103. The van der Waals surface area contributed by atoms with Gasteiger partial charge in [-0.25, -0.2) is 18.0 Å². The molecule has 1 aromatic rings. The van der Waals surface area contributed by atoms with Crippen LogP contribution in [0.1, 0.15) is 43.5 Å². The predicted octanol–water partition coefficient (Wildman–Crippen LogP) is 1.50. The van der Waals surface area contributed by atoms with Crippen LogP contribution in [0.4, 0.5) is 4.79 Å². The molecule has 1 aromatic carbocycles. The van der Waals surface area contributed by atoms with E-state index in [9.17, 15) is 22.8 Å². The molecule has 1 aliphatic rings. The van der Waals surface area contributed by atoms with Gasteiger partial charge in [-0.1, -0.05) is 13.8 Å². The lowest BCUT2D eigenvalue weighted by Gasteiger charge is -2.15. The smallest absolute Gasteiger partial charge is 0.338 e. The summed E-state index contributed by atoms with van der Waals surface area (Å²) in [6, 6.07) is 4.70. The van der Waals surface area contributed by atoms with Crippen LogP contribution in [0.15, 0.2) is 29.2 Å². The topological polar surface area (TPSA) is 122 Å². The van der Waals surface area contributed by atoms with E-state index < -0.39 is 34.5 Å². The highest BCUT2D eigenvalue weighted by Crippen LogP contribution is 2.21. The fourth-order valence-corrected chi connectivity index (χ4v) is 4.25. The van der Waals surface area contributed by atoms with Crippen molar-refractivity contribution in [2.75, 3.05) is 26.2 Å². The Morgan fingerprint density at radius 3 is 2.31 bits per heavy atom. The number of ether oxygens (including phenoxy) is 1. The molecule has 160 valence electrons. The zero-order valence-electron chi connectivity index (χ0n) is 16.6. The van der Waals surface area contributed by atoms with Crippen LogP contribution in [0.2, 0.25) is 0 Å². The maximum absolute atomic E-state index is 12.5. The number of imide groups is 1. The summed E-state index contributed by atoms with van der Waals surface area (Å²) in [4.78, 5) is 35.4. The minimum atomic E-state index is -3.56. The van der Waals surface area contributed by atoms with Crippen LogP contribution in [0, 0.1) is 5.92 Å². The molecule has 2 N–H and O–H groups in total. The number of carbonyl (C=O) groups excluding carboxylic acids is 3. The summed E-state index contributed by atoms with van der Waals surface area (Å²) in [5, 5.41) is 4.61. The molecular formula is C19H27N3O6S. The van der Waals surface area contributed by atoms with Gasteiger partial charge in [0.2, 0.25) is 10.0 Å². The zero-order chi connectivity index (χ0) is 21.4. The summed E-state index contributed by atoms with van der Waals surface area (Å²) in [6.07, 6.45) is 2.45. The molecular weight excluding hydrogens is 398 g/mol. The van der Waals surface area contributed by atoms with Crippen molar-refractivity contribution in [2.24, 2.45) is 5.92 Å². The zero-order valence-corrected chi connectivity index (χ0v) is 17.5. The Morgan fingerprint density at radius 1 is 1.10 bits per heavy atom. The number of esters is 1. The van der Waals surface area contributed by atoms with Gasteiger partial charge in [0.15, 0.2) is 6.61 Å². The normalized spacial score (nSPS) is 14.6. The predicted molar refractivity (Wildman–Crippen MR) is 106 cm³/mol. The molecule has 2 rings (SSSR count). The first-order valence-corrected chi connectivity index (χ1v) is 11.0. The van der Waals surface area contributed by atoms with Crippen LogP contribution in [0.25, 0.3) is 0 Å². The summed E-state index contributed by atoms with van der Waals surface area (Å²) >= 11 is 0. The second kappa shape index (κ2) is 10.4. The third-order valence-electron chi connectivity index (χ3n) is 4.39. The Balaban J connectivity index is 1.82. The van der Waals surface area contributed by atoms with Gasteiger partial charge in [-0.15, -0.1) is 0 Å². The third kappa shape index (κ3) is 6.82. The van der Waals surface area contributed by atoms with Crippen molar-refractivity contribution in [3.63, 3.8) is 0 Å². The molecule has 0 atom stereocenters. The summed E-state index contributed by atoms with van der Waals surface area (Å²) in [7, 11) is -3.56. The number of sulfonamides is 1. The molecule has 0 spiro atoms. The van der Waals surface area contributed by atoms with E-state index in [-0.39, 0.29) is 10.5 Å². The first-order valence-electron chi connectivity index (χ1n) is 9.55. The van der Waals surface area contributed by atoms with Crippen LogP contribution in [0.3, 0.4) is 0 Å². The molecule has 10 heteroatoms. The number of rotatable bonds is 8. The highest BCUT2D eigenvalue weighted by atomic mass is 32.2. The van der Waals surface area contributed by atoms with Gasteiger partial charge >= 0.3 is 12.0 Å². The Labute approximate surface area is 170 Å². The first kappa shape index (κ1) is 22.8. The van der Waals surface area contributed by atoms with Crippen LogP contribution in [-0.2, 0) is 19.6 Å². The minimum Gasteiger partial charge on any atom is -0.452 e. The van der Waals surface area contributed by atoms with E-state index in [4.69, 9.17) is 4.74 Å². The van der Waals surface area contributed by atoms with Crippen molar-refractivity contribution in [1.82, 2.24) is 14.9 Å². The fraction of sp³-hybridized carbons (Fsp3) is 0.526. The maximum Gasteiger partial charge on any atom is 0.338 e. The summed E-state index contributed by atoms with van der Waals surface area (Å²) in [5.74, 6) is -1.12. The van der Waals surface area contributed by atoms with Crippen LogP contribution >= 0.6 is 0 Å². The van der Waals surface area contributed by atoms with Crippen molar-refractivity contribution in [3.8, 4) is 0 Å². The van der Waals surface area contributed by atoms with E-state index in [1.54, 1.807) is 0 Å². The van der Waals surface area contributed by atoms with Crippen molar-refractivity contribution in [1.29, 1.82) is 0 Å². The van der Waals surface area contributed by atoms with Gasteiger partial charge in [0.25, 0.3) is 5.91 Å². The van der Waals surface area contributed by atoms with E-state index >= 15 is 0 Å². The van der Waals surface area contributed by atoms with E-state index in [0.717, 1.165) is 19.3 Å². The number of hydrogen-bond donors (Lipinski definition) is 2. The van der Waals surface area contributed by atoms with Crippen molar-refractivity contribution < 1.29 is 27.5 Å². The highest BCUT2D eigenvalue weighted by Gasteiger charge is 2.27. The Morgan fingerprint density at radius 2 is 1.72 bits per heavy atom. The lowest BCUT2D eigenvalue weighted by molar-refractivity contribution is -0.123. The average molecular weight is 426 g/mol. The number of nitrogens with one attached hydrogen (secondary N) is 2. The SMILES string of the molecule is CC(C)CCNC(=O)NC(=O)COC(=O)c1ccc(S(=O)(=O)N2CCCC2)cc1. The Kier molecular flexibility index (Phi) is 8.15. The van der Waals surface area contributed by atoms with Crippen LogP contribution < -0.4 is 10.6 Å². The number of hydrogen-bond acceptors (Lipinski definition) is 6. The number of nitrogens with zero attached hydrogens (tertiary/aromatic N) is 1. The van der Waals surface area contributed by atoms with Gasteiger partial charge in [0.1, 0.15) is 0 Å². The molecule has 9 nitrogen and oxygen atoms in total. The van der Waals surface area contributed by atoms with E-state index in [2.05, 4.69) is 10.6 Å². The molecule has 1 heterocycles. The van der Waals surface area contributed by atoms with Crippen molar-refractivity contribution >= 4 is 27.9 Å². The first-order chi connectivity index (χ1) is 13.7. The lowest BCUT2D eigenvalue weighted by Crippen LogP contribution is -2.41. The fourth-order valence-electron chi connectivity index (χ4n) is 2.74. The largest absolute Gasteiger partial charge is 0.452 e. The summed E-state index contributed by atoms with van der Waals surface area (Å²) < 4.78 is 31.2. The second-order valence-electron chi connectivity index (χ2n) is 7.20. The lowest BCUT2D eigenvalue weighted by atomic mass is 10.1. The number of benzene rings is 1. The van der Waals surface area contributed by atoms with Crippen LogP contribution in [-0.4, -0.2) is 56.9 Å². The molecule has 0 radical (unpaired) electrons. The van der Waals surface area contributed by atoms with Crippen molar-refractivity contribution in [3.05, 3.63) is 29.8 Å². The van der Waals surface area contributed by atoms with Gasteiger partial charge in [0, 0.05) is 19.6 Å². The van der Waals surface area contributed by atoms with Gasteiger partial charge < -0.3 is 10.1 Å². The van der Waals surface area contributed by atoms with E-state index in [1.807, 2.05) is 13.8 Å². The highest BCUT2D eigenvalue weighted by molar-refractivity contribution is 7.89. The number of urea groups is 1. The molecule has 1 saturated heterocycles. The Hall–Kier alpha value is -2.46. The summed E-state index contributed by atoms with van der Waals surface area (Å²) in [5.41, 5.74) is 0.111. The standard InChI is InChI=1S/C19H27N3O6S/c1-14(2)9-10-20-19(25)21-17(23)13-28-18(24)15-5-7-16(8-6-15)29(26,27)22-11-3-4-12-22/h5-8,14H,3-4,9-13H2,1-2H3,(H2,20,21,23,25). The van der Waals surface area contributed by atoms with Gasteiger partial charge in [-0.3, -0.25) is 10.1 Å². The molecule has 3 amide bonds. The van der Waals surface area contributed by atoms with Gasteiger partial charge in [-0.2, -0.15) is 4.31 Å². The molecule has 0 aliphatic carbocycles. The molecule has 1 aliphatic heterocycles. The maximum atomic E-state index is 12.5. The number of carbonyl (C=O) groups is 3. The Bertz CT molecular complexity index is 830. The second-order valence-corrected chi connectivity index (χ2v) is 9.14. The quantitative estimate of drug-likeness (QED) is 0.609. The van der Waals surface area contributed by atoms with Crippen molar-refractivity contribution in [2.45, 2.75) is 38.0 Å². The van der Waals surface area contributed by atoms with E-state index in [1.165, 1.54) is 28.6 Å². The van der Waals surface area contributed by atoms with E-state index in [0.29, 0.717) is 25.6 Å². The molecule has 0 saturated carbocycles. The molecule has 29 heavy (non-hydrogen) atoms. The number of amides is 3. The molecule has 0 unspecified atom stereocenters. The monoisotopic (exact) mass is 425 g/mol. The molecule has 1 fully saturated rings. The van der Waals surface area contributed by atoms with Gasteiger partial charge in [-0.05, 0) is 49.4 Å². The third-order valence-corrected chi connectivity index (χ3v) is 6.30.